The second-order valence-corrected chi connectivity index (χ2v) is 5.38. The highest BCUT2D eigenvalue weighted by Crippen LogP contribution is 2.19. The molecular weight excluding hydrogens is 248 g/mol. The predicted molar refractivity (Wildman–Crippen MR) is 73.6 cm³/mol. The van der Waals surface area contributed by atoms with Crippen molar-refractivity contribution < 1.29 is 4.79 Å². The summed E-state index contributed by atoms with van der Waals surface area (Å²) >= 11 is 5.85. The molecule has 4 heteroatoms. The van der Waals surface area contributed by atoms with E-state index in [4.69, 9.17) is 11.6 Å². The minimum absolute atomic E-state index is 0.0818. The zero-order valence-corrected chi connectivity index (χ0v) is 11.5. The summed E-state index contributed by atoms with van der Waals surface area (Å²) in [5, 5.41) is 7.02. The minimum Gasteiger partial charge on any atom is -0.352 e. The van der Waals surface area contributed by atoms with Crippen LogP contribution in [-0.2, 0) is 4.79 Å². The van der Waals surface area contributed by atoms with Crippen molar-refractivity contribution in [2.45, 2.75) is 44.8 Å². The smallest absolute Gasteiger partial charge is 0.237 e. The third-order valence-corrected chi connectivity index (χ3v) is 3.44. The van der Waals surface area contributed by atoms with Crippen LogP contribution < -0.4 is 10.6 Å². The summed E-state index contributed by atoms with van der Waals surface area (Å²) in [5.41, 5.74) is 1.13. The average molecular weight is 267 g/mol. The van der Waals surface area contributed by atoms with Crippen molar-refractivity contribution >= 4 is 17.5 Å². The molecule has 2 N–H and O–H groups in total. The number of nitrogens with one attached hydrogen (secondary N) is 2. The van der Waals surface area contributed by atoms with Gasteiger partial charge in [-0.1, -0.05) is 23.7 Å². The Morgan fingerprint density at radius 3 is 2.44 bits per heavy atom. The summed E-state index contributed by atoms with van der Waals surface area (Å²) < 4.78 is 0. The van der Waals surface area contributed by atoms with Crippen LogP contribution in [0.2, 0.25) is 5.02 Å². The zero-order chi connectivity index (χ0) is 13.1. The molecule has 2 atom stereocenters. The maximum atomic E-state index is 11.8. The Morgan fingerprint density at radius 1 is 1.28 bits per heavy atom. The molecule has 0 aromatic heterocycles. The number of carbonyl (C=O) groups excluding carboxylic acids is 1. The van der Waals surface area contributed by atoms with Gasteiger partial charge < -0.3 is 5.32 Å². The lowest BCUT2D eigenvalue weighted by Crippen LogP contribution is -2.43. The Hall–Kier alpha value is -1.06. The highest BCUT2D eigenvalue weighted by molar-refractivity contribution is 6.30. The van der Waals surface area contributed by atoms with Crippen LogP contribution in [0.5, 0.6) is 0 Å². The Morgan fingerprint density at radius 2 is 1.89 bits per heavy atom. The van der Waals surface area contributed by atoms with Crippen molar-refractivity contribution in [3.8, 4) is 0 Å². The normalized spacial score (nSPS) is 18.2. The van der Waals surface area contributed by atoms with Gasteiger partial charge >= 0.3 is 0 Å². The molecule has 18 heavy (non-hydrogen) atoms. The number of hydrogen-bond donors (Lipinski definition) is 2. The van der Waals surface area contributed by atoms with Gasteiger partial charge in [-0.15, -0.1) is 0 Å². The summed E-state index contributed by atoms with van der Waals surface area (Å²) in [6.45, 7) is 3.94. The van der Waals surface area contributed by atoms with E-state index in [2.05, 4.69) is 10.6 Å². The summed E-state index contributed by atoms with van der Waals surface area (Å²) in [7, 11) is 0. The molecule has 0 saturated heterocycles. The molecular formula is C14H19ClN2O. The predicted octanol–water partition coefficient (Wildman–Crippen LogP) is 2.66. The van der Waals surface area contributed by atoms with Crippen molar-refractivity contribution in [1.82, 2.24) is 10.6 Å². The molecule has 0 heterocycles. The van der Waals surface area contributed by atoms with Gasteiger partial charge in [0.1, 0.15) is 0 Å². The van der Waals surface area contributed by atoms with Crippen molar-refractivity contribution in [2.75, 3.05) is 0 Å². The summed E-state index contributed by atoms with van der Waals surface area (Å²) in [6.07, 6.45) is 2.23. The first-order valence-corrected chi connectivity index (χ1v) is 6.76. The quantitative estimate of drug-likeness (QED) is 0.860. The molecule has 0 bridgehead atoms. The van der Waals surface area contributed by atoms with Crippen LogP contribution in [0, 0.1) is 0 Å². The lowest BCUT2D eigenvalue weighted by Gasteiger charge is -2.20. The Labute approximate surface area is 113 Å². The molecule has 1 aromatic rings. The third-order valence-electron chi connectivity index (χ3n) is 3.19. The van der Waals surface area contributed by atoms with E-state index in [0.29, 0.717) is 6.04 Å². The Bertz CT molecular complexity index is 414. The molecule has 1 aliphatic rings. The van der Waals surface area contributed by atoms with E-state index in [1.165, 1.54) is 0 Å². The molecule has 1 saturated carbocycles. The molecule has 0 aliphatic heterocycles. The summed E-state index contributed by atoms with van der Waals surface area (Å²) in [6, 6.07) is 8.04. The van der Waals surface area contributed by atoms with E-state index < -0.39 is 0 Å². The Kier molecular flexibility index (Phi) is 4.25. The summed E-state index contributed by atoms with van der Waals surface area (Å²) in [5.74, 6) is 0.0818. The van der Waals surface area contributed by atoms with Gasteiger partial charge in [-0.3, -0.25) is 10.1 Å². The topological polar surface area (TPSA) is 41.1 Å². The van der Waals surface area contributed by atoms with E-state index in [0.717, 1.165) is 23.4 Å². The van der Waals surface area contributed by atoms with E-state index in [9.17, 15) is 4.79 Å². The second kappa shape index (κ2) is 5.72. The number of carbonyl (C=O) groups is 1. The molecule has 1 aromatic carbocycles. The first kappa shape index (κ1) is 13.4. The zero-order valence-electron chi connectivity index (χ0n) is 10.7. The van der Waals surface area contributed by atoms with Gasteiger partial charge in [0.25, 0.3) is 0 Å². The van der Waals surface area contributed by atoms with Crippen LogP contribution in [0.25, 0.3) is 0 Å². The first-order valence-electron chi connectivity index (χ1n) is 6.38. The van der Waals surface area contributed by atoms with Gasteiger partial charge in [-0.2, -0.15) is 0 Å². The number of benzene rings is 1. The second-order valence-electron chi connectivity index (χ2n) is 4.94. The van der Waals surface area contributed by atoms with Gasteiger partial charge in [0.2, 0.25) is 5.91 Å². The standard InChI is InChI=1S/C14H19ClN2O/c1-9(11-3-5-12(15)6-4-11)16-10(2)14(18)17-13-7-8-13/h3-6,9-10,13,16H,7-8H2,1-2H3,(H,17,18)/t9-,10+/m1/s1. The van der Waals surface area contributed by atoms with Crippen LogP contribution >= 0.6 is 11.6 Å². The van der Waals surface area contributed by atoms with Crippen molar-refractivity contribution in [2.24, 2.45) is 0 Å². The van der Waals surface area contributed by atoms with Gasteiger partial charge in [0.05, 0.1) is 6.04 Å². The van der Waals surface area contributed by atoms with Gasteiger partial charge in [-0.25, -0.2) is 0 Å². The fourth-order valence-corrected chi connectivity index (χ4v) is 1.98. The fourth-order valence-electron chi connectivity index (χ4n) is 1.85. The molecule has 2 rings (SSSR count). The molecule has 1 aliphatic carbocycles. The lowest BCUT2D eigenvalue weighted by atomic mass is 10.1. The molecule has 98 valence electrons. The molecule has 0 unspecified atom stereocenters. The fraction of sp³-hybridized carbons (Fsp3) is 0.500. The minimum atomic E-state index is -0.184. The monoisotopic (exact) mass is 266 g/mol. The third kappa shape index (κ3) is 3.72. The van der Waals surface area contributed by atoms with E-state index in [-0.39, 0.29) is 18.0 Å². The molecule has 0 spiro atoms. The van der Waals surface area contributed by atoms with Crippen LogP contribution in [0.3, 0.4) is 0 Å². The highest BCUT2D eigenvalue weighted by atomic mass is 35.5. The van der Waals surface area contributed by atoms with Crippen molar-refractivity contribution in [3.05, 3.63) is 34.9 Å². The van der Waals surface area contributed by atoms with Gasteiger partial charge in [0, 0.05) is 17.1 Å². The molecule has 1 amide bonds. The van der Waals surface area contributed by atoms with Crippen LogP contribution in [0.15, 0.2) is 24.3 Å². The summed E-state index contributed by atoms with van der Waals surface area (Å²) in [4.78, 5) is 11.8. The maximum absolute atomic E-state index is 11.8. The average Bonchev–Trinajstić information content (AvgIpc) is 3.13. The lowest BCUT2D eigenvalue weighted by molar-refractivity contribution is -0.123. The van der Waals surface area contributed by atoms with Crippen LogP contribution in [0.1, 0.15) is 38.3 Å². The molecule has 3 nitrogen and oxygen atoms in total. The SMILES string of the molecule is C[C@H](N[C@H](C)c1ccc(Cl)cc1)C(=O)NC1CC1. The first-order chi connectivity index (χ1) is 8.56. The van der Waals surface area contributed by atoms with Gasteiger partial charge in [-0.05, 0) is 44.4 Å². The molecule has 1 fully saturated rings. The Balaban J connectivity index is 1.87. The maximum Gasteiger partial charge on any atom is 0.237 e. The van der Waals surface area contributed by atoms with E-state index >= 15 is 0 Å². The largest absolute Gasteiger partial charge is 0.352 e. The number of halogens is 1. The number of rotatable bonds is 5. The molecule has 0 radical (unpaired) electrons. The van der Waals surface area contributed by atoms with Crippen LogP contribution in [-0.4, -0.2) is 18.0 Å². The number of hydrogen-bond acceptors (Lipinski definition) is 2. The van der Waals surface area contributed by atoms with Crippen molar-refractivity contribution in [3.63, 3.8) is 0 Å². The highest BCUT2D eigenvalue weighted by Gasteiger charge is 2.26. The van der Waals surface area contributed by atoms with E-state index in [1.54, 1.807) is 0 Å². The van der Waals surface area contributed by atoms with Gasteiger partial charge in [0.15, 0.2) is 0 Å². The van der Waals surface area contributed by atoms with Crippen LogP contribution in [0.4, 0.5) is 0 Å². The van der Waals surface area contributed by atoms with Crippen molar-refractivity contribution in [1.29, 1.82) is 0 Å². The van der Waals surface area contributed by atoms with E-state index in [1.807, 2.05) is 38.1 Å². The number of amides is 1.